The first-order chi connectivity index (χ1) is 16.8. The summed E-state index contributed by atoms with van der Waals surface area (Å²) in [5, 5.41) is 13.3. The quantitative estimate of drug-likeness (QED) is 0.358. The number of rotatable bonds is 8. The number of aryl methyl sites for hydroxylation is 1. The van der Waals surface area contributed by atoms with Crippen molar-refractivity contribution >= 4 is 29.3 Å². The number of benzene rings is 1. The summed E-state index contributed by atoms with van der Waals surface area (Å²) in [7, 11) is 1.39. The van der Waals surface area contributed by atoms with Gasteiger partial charge in [0.25, 0.3) is 0 Å². The number of hydrogen-bond acceptors (Lipinski definition) is 5. The number of carboxylic acids is 1. The number of carbonyl (C=O) groups is 2. The number of nitrogens with zero attached hydrogens (tertiary/aromatic N) is 3. The maximum atomic E-state index is 11.7. The van der Waals surface area contributed by atoms with Crippen molar-refractivity contribution < 1.29 is 19.4 Å². The predicted molar refractivity (Wildman–Crippen MR) is 136 cm³/mol. The molecular formula is C26H28N4O4S. The van der Waals surface area contributed by atoms with E-state index in [0.29, 0.717) is 24.5 Å². The number of carboxylic acid groups (broad SMARTS) is 1. The minimum absolute atomic E-state index is 0.131. The summed E-state index contributed by atoms with van der Waals surface area (Å²) in [6.45, 7) is 4.67. The van der Waals surface area contributed by atoms with Crippen molar-refractivity contribution in [1.29, 1.82) is 0 Å². The zero-order valence-corrected chi connectivity index (χ0v) is 20.7. The average Bonchev–Trinajstić information content (AvgIpc) is 3.34. The van der Waals surface area contributed by atoms with E-state index in [1.165, 1.54) is 7.11 Å². The number of thiocarbonyl (C=S) groups is 1. The van der Waals surface area contributed by atoms with E-state index < -0.39 is 5.97 Å². The minimum Gasteiger partial charge on any atom is -0.478 e. The number of ether oxygens (including phenoxy) is 1. The number of methoxy groups -OCH3 is 1. The second kappa shape index (κ2) is 10.3. The van der Waals surface area contributed by atoms with Crippen LogP contribution in [0.2, 0.25) is 0 Å². The van der Waals surface area contributed by atoms with Crippen molar-refractivity contribution in [2.75, 3.05) is 13.7 Å². The Balaban J connectivity index is 1.73. The van der Waals surface area contributed by atoms with E-state index in [9.17, 15) is 14.7 Å². The van der Waals surface area contributed by atoms with Crippen LogP contribution in [0.25, 0.3) is 5.69 Å². The summed E-state index contributed by atoms with van der Waals surface area (Å²) in [6, 6.07) is 14.5. The molecule has 2 atom stereocenters. The number of aromatic carboxylic acids is 1. The molecule has 0 unspecified atom stereocenters. The molecule has 0 amide bonds. The second-order valence-electron chi connectivity index (χ2n) is 8.51. The molecule has 1 aromatic carbocycles. The van der Waals surface area contributed by atoms with E-state index in [0.717, 1.165) is 28.3 Å². The lowest BCUT2D eigenvalue weighted by atomic mass is 9.96. The Kier molecular flexibility index (Phi) is 7.16. The van der Waals surface area contributed by atoms with Gasteiger partial charge in [0.1, 0.15) is 0 Å². The second-order valence-corrected chi connectivity index (χ2v) is 8.90. The lowest BCUT2D eigenvalue weighted by Gasteiger charge is -2.28. The predicted octanol–water partition coefficient (Wildman–Crippen LogP) is 4.11. The summed E-state index contributed by atoms with van der Waals surface area (Å²) >= 11 is 5.73. The van der Waals surface area contributed by atoms with E-state index in [2.05, 4.69) is 32.8 Å². The highest BCUT2D eigenvalue weighted by Crippen LogP contribution is 2.41. The highest BCUT2D eigenvalue weighted by atomic mass is 32.1. The van der Waals surface area contributed by atoms with Gasteiger partial charge in [-0.05, 0) is 80.5 Å². The van der Waals surface area contributed by atoms with Crippen LogP contribution in [-0.4, -0.2) is 50.3 Å². The molecule has 182 valence electrons. The standard InChI is InChI=1S/C26H28N4O4S/c1-16-15-20(17(2)30(16)19-11-9-18(10-12-19)25(32)33)24-23(21-7-4-5-13-27-21)28-26(35)29(24)14-6-8-22(31)34-3/h4-5,7,9-13,15,23-24H,6,8,14H2,1-3H3,(H,28,35)(H,32,33)/t23-,24-/m0/s1. The molecule has 35 heavy (non-hydrogen) atoms. The molecule has 0 radical (unpaired) electrons. The van der Waals surface area contributed by atoms with Crippen LogP contribution in [-0.2, 0) is 9.53 Å². The molecule has 2 N–H and O–H groups in total. The number of pyridine rings is 1. The Hall–Kier alpha value is -3.72. The summed E-state index contributed by atoms with van der Waals surface area (Å²) in [5.74, 6) is -1.20. The van der Waals surface area contributed by atoms with Crippen molar-refractivity contribution in [1.82, 2.24) is 19.8 Å². The van der Waals surface area contributed by atoms with Crippen LogP contribution < -0.4 is 5.32 Å². The summed E-state index contributed by atoms with van der Waals surface area (Å²) in [6.07, 6.45) is 2.69. The van der Waals surface area contributed by atoms with Crippen molar-refractivity contribution in [3.05, 3.63) is 82.9 Å². The monoisotopic (exact) mass is 492 g/mol. The molecule has 3 aromatic rings. The lowest BCUT2D eigenvalue weighted by molar-refractivity contribution is -0.140. The fraction of sp³-hybridized carbons (Fsp3) is 0.308. The molecule has 0 spiro atoms. The molecule has 0 aliphatic carbocycles. The first kappa shape index (κ1) is 24.4. The minimum atomic E-state index is -0.954. The molecule has 8 nitrogen and oxygen atoms in total. The van der Waals surface area contributed by atoms with Crippen LogP contribution in [0.3, 0.4) is 0 Å². The Bertz CT molecular complexity index is 1240. The first-order valence-electron chi connectivity index (χ1n) is 11.4. The summed E-state index contributed by atoms with van der Waals surface area (Å²) in [4.78, 5) is 29.7. The van der Waals surface area contributed by atoms with Gasteiger partial charge in [0, 0.05) is 36.2 Å². The highest BCUT2D eigenvalue weighted by Gasteiger charge is 2.41. The number of hydrogen-bond donors (Lipinski definition) is 2. The van der Waals surface area contributed by atoms with Crippen molar-refractivity contribution in [3.63, 3.8) is 0 Å². The van der Waals surface area contributed by atoms with Crippen LogP contribution in [0.5, 0.6) is 0 Å². The smallest absolute Gasteiger partial charge is 0.335 e. The van der Waals surface area contributed by atoms with Crippen LogP contribution in [0.1, 0.15) is 57.9 Å². The normalized spacial score (nSPS) is 17.3. The number of esters is 1. The van der Waals surface area contributed by atoms with Gasteiger partial charge in [0.15, 0.2) is 5.11 Å². The molecule has 1 fully saturated rings. The van der Waals surface area contributed by atoms with E-state index in [1.807, 2.05) is 37.3 Å². The molecule has 4 rings (SSSR count). The van der Waals surface area contributed by atoms with E-state index in [-0.39, 0.29) is 23.6 Å². The maximum Gasteiger partial charge on any atom is 0.335 e. The number of aromatic nitrogens is 2. The van der Waals surface area contributed by atoms with E-state index in [4.69, 9.17) is 17.0 Å². The van der Waals surface area contributed by atoms with Gasteiger partial charge >= 0.3 is 11.9 Å². The van der Waals surface area contributed by atoms with Gasteiger partial charge in [-0.2, -0.15) is 0 Å². The Morgan fingerprint density at radius 3 is 2.54 bits per heavy atom. The van der Waals surface area contributed by atoms with Crippen LogP contribution in [0.4, 0.5) is 0 Å². The van der Waals surface area contributed by atoms with E-state index in [1.54, 1.807) is 18.3 Å². The lowest BCUT2D eigenvalue weighted by Crippen LogP contribution is -2.31. The summed E-state index contributed by atoms with van der Waals surface area (Å²) < 4.78 is 6.91. The number of carbonyl (C=O) groups excluding carboxylic acids is 1. The van der Waals surface area contributed by atoms with Gasteiger partial charge in [-0.25, -0.2) is 4.79 Å². The van der Waals surface area contributed by atoms with Crippen LogP contribution >= 0.6 is 12.2 Å². The van der Waals surface area contributed by atoms with Crippen molar-refractivity contribution in [2.45, 2.75) is 38.8 Å². The zero-order chi connectivity index (χ0) is 25.1. The Morgan fingerprint density at radius 2 is 1.91 bits per heavy atom. The molecule has 0 saturated carbocycles. The third-order valence-electron chi connectivity index (χ3n) is 6.37. The van der Waals surface area contributed by atoms with Crippen LogP contribution in [0, 0.1) is 13.8 Å². The highest BCUT2D eigenvalue weighted by molar-refractivity contribution is 7.80. The van der Waals surface area contributed by atoms with Gasteiger partial charge in [-0.3, -0.25) is 9.78 Å². The average molecular weight is 493 g/mol. The van der Waals surface area contributed by atoms with Crippen molar-refractivity contribution in [2.24, 2.45) is 0 Å². The maximum absolute atomic E-state index is 11.7. The molecule has 1 aliphatic rings. The fourth-order valence-electron chi connectivity index (χ4n) is 4.72. The third-order valence-corrected chi connectivity index (χ3v) is 6.72. The van der Waals surface area contributed by atoms with Gasteiger partial charge in [-0.15, -0.1) is 0 Å². The molecule has 1 saturated heterocycles. The SMILES string of the molecule is COC(=O)CCCN1C(=S)N[C@@H](c2ccccn2)[C@@H]1c1cc(C)n(-c2ccc(C(=O)O)cc2)c1C. The topological polar surface area (TPSA) is 96.7 Å². The largest absolute Gasteiger partial charge is 0.478 e. The van der Waals surface area contributed by atoms with Gasteiger partial charge in [-0.1, -0.05) is 6.07 Å². The molecule has 1 aliphatic heterocycles. The molecule has 0 bridgehead atoms. The molecule has 2 aromatic heterocycles. The van der Waals surface area contributed by atoms with Crippen molar-refractivity contribution in [3.8, 4) is 5.69 Å². The zero-order valence-electron chi connectivity index (χ0n) is 19.9. The molecule has 9 heteroatoms. The van der Waals surface area contributed by atoms with E-state index >= 15 is 0 Å². The first-order valence-corrected chi connectivity index (χ1v) is 11.8. The molecule has 3 heterocycles. The van der Waals surface area contributed by atoms with Gasteiger partial charge in [0.2, 0.25) is 0 Å². The van der Waals surface area contributed by atoms with Crippen LogP contribution in [0.15, 0.2) is 54.7 Å². The third kappa shape index (κ3) is 4.90. The fourth-order valence-corrected chi connectivity index (χ4v) is 5.05. The van der Waals surface area contributed by atoms with Gasteiger partial charge < -0.3 is 24.6 Å². The molecular weight excluding hydrogens is 464 g/mol. The van der Waals surface area contributed by atoms with Gasteiger partial charge in [0.05, 0.1) is 30.5 Å². The Morgan fingerprint density at radius 1 is 1.17 bits per heavy atom. The number of nitrogens with one attached hydrogen (secondary N) is 1. The summed E-state index contributed by atoms with van der Waals surface area (Å²) in [5.41, 5.74) is 5.15. The Labute approximate surface area is 209 Å².